The van der Waals surface area contributed by atoms with E-state index in [1.165, 1.54) is 16.7 Å². The molecule has 5 heteroatoms. The van der Waals surface area contributed by atoms with E-state index in [2.05, 4.69) is 0 Å². The van der Waals surface area contributed by atoms with Crippen molar-refractivity contribution in [1.29, 1.82) is 0 Å². The molecule has 2 aromatic carbocycles. The molecule has 0 atom stereocenters. The fourth-order valence-corrected chi connectivity index (χ4v) is 3.99. The Morgan fingerprint density at radius 2 is 1.73 bits per heavy atom. The molecule has 26 heavy (non-hydrogen) atoms. The zero-order valence-corrected chi connectivity index (χ0v) is 16.6. The van der Waals surface area contributed by atoms with Gasteiger partial charge >= 0.3 is 0 Å². The van der Waals surface area contributed by atoms with Crippen LogP contribution in [0.3, 0.4) is 0 Å². The van der Waals surface area contributed by atoms with Crippen molar-refractivity contribution >= 4 is 40.8 Å². The average molecular weight is 386 g/mol. The van der Waals surface area contributed by atoms with Gasteiger partial charge in [0.05, 0.1) is 17.0 Å². The second kappa shape index (κ2) is 7.68. The first-order valence-electron chi connectivity index (χ1n) is 8.48. The summed E-state index contributed by atoms with van der Waals surface area (Å²) in [4.78, 5) is 27.9. The van der Waals surface area contributed by atoms with Gasteiger partial charge in [0.15, 0.2) is 0 Å². The van der Waals surface area contributed by atoms with E-state index in [0.717, 1.165) is 28.0 Å². The Bertz CT molecular complexity index is 920. The molecule has 1 aliphatic rings. The fourth-order valence-electron chi connectivity index (χ4n) is 2.92. The van der Waals surface area contributed by atoms with Crippen molar-refractivity contribution in [3.63, 3.8) is 0 Å². The number of nitrogens with zero attached hydrogens (tertiary/aromatic N) is 1. The molecule has 0 saturated carbocycles. The van der Waals surface area contributed by atoms with E-state index in [9.17, 15) is 9.59 Å². The number of imide groups is 1. The molecule has 0 unspecified atom stereocenters. The molecule has 3 rings (SSSR count). The summed E-state index contributed by atoms with van der Waals surface area (Å²) in [6, 6.07) is 13.2. The highest BCUT2D eigenvalue weighted by atomic mass is 35.5. The van der Waals surface area contributed by atoms with Gasteiger partial charge in [0, 0.05) is 5.02 Å². The van der Waals surface area contributed by atoms with Gasteiger partial charge in [0.25, 0.3) is 11.8 Å². The van der Waals surface area contributed by atoms with Gasteiger partial charge < -0.3 is 0 Å². The summed E-state index contributed by atoms with van der Waals surface area (Å²) in [6.45, 7) is 6.19. The molecular formula is C21H20ClNO2S. The summed E-state index contributed by atoms with van der Waals surface area (Å²) in [5.41, 5.74) is 4.31. The Balaban J connectivity index is 2.01. The number of halogens is 1. The van der Waals surface area contributed by atoms with Gasteiger partial charge in [-0.2, -0.15) is 0 Å². The molecule has 134 valence electrons. The van der Waals surface area contributed by atoms with Crippen molar-refractivity contribution in [2.75, 3.05) is 5.75 Å². The van der Waals surface area contributed by atoms with Gasteiger partial charge in [-0.05, 0) is 47.9 Å². The minimum atomic E-state index is -0.255. The van der Waals surface area contributed by atoms with Crippen molar-refractivity contribution < 1.29 is 9.59 Å². The van der Waals surface area contributed by atoms with Gasteiger partial charge in [-0.15, -0.1) is 11.8 Å². The van der Waals surface area contributed by atoms with Gasteiger partial charge in [-0.1, -0.05) is 54.9 Å². The first-order valence-corrected chi connectivity index (χ1v) is 9.84. The molecule has 0 saturated heterocycles. The van der Waals surface area contributed by atoms with Crippen LogP contribution in [-0.2, 0) is 16.1 Å². The first-order chi connectivity index (χ1) is 12.4. The quantitative estimate of drug-likeness (QED) is 0.680. The molecule has 0 N–H and O–H groups in total. The van der Waals surface area contributed by atoms with E-state index in [1.807, 2.05) is 57.2 Å². The third kappa shape index (κ3) is 3.44. The van der Waals surface area contributed by atoms with Crippen LogP contribution in [-0.4, -0.2) is 22.5 Å². The maximum atomic E-state index is 13.1. The lowest BCUT2D eigenvalue weighted by molar-refractivity contribution is -0.137. The Kier molecular flexibility index (Phi) is 5.54. The molecule has 3 nitrogen and oxygen atoms in total. The number of hydrogen-bond donors (Lipinski definition) is 0. The monoisotopic (exact) mass is 385 g/mol. The molecule has 2 amide bonds. The summed E-state index contributed by atoms with van der Waals surface area (Å²) < 4.78 is 0. The predicted molar refractivity (Wildman–Crippen MR) is 108 cm³/mol. The maximum Gasteiger partial charge on any atom is 0.268 e. The Morgan fingerprint density at radius 1 is 1.00 bits per heavy atom. The molecule has 0 bridgehead atoms. The maximum absolute atomic E-state index is 13.1. The molecule has 0 spiro atoms. The van der Waals surface area contributed by atoms with E-state index in [4.69, 9.17) is 11.6 Å². The van der Waals surface area contributed by atoms with Crippen molar-refractivity contribution in [3.8, 4) is 0 Å². The number of thioether (sulfide) groups is 1. The van der Waals surface area contributed by atoms with E-state index < -0.39 is 0 Å². The van der Waals surface area contributed by atoms with Crippen LogP contribution in [0.15, 0.2) is 47.4 Å². The normalized spacial score (nSPS) is 14.5. The first kappa shape index (κ1) is 18.7. The van der Waals surface area contributed by atoms with Crippen LogP contribution in [0, 0.1) is 13.8 Å². The Labute approximate surface area is 163 Å². The van der Waals surface area contributed by atoms with Crippen LogP contribution in [0.5, 0.6) is 0 Å². The number of benzene rings is 2. The summed E-state index contributed by atoms with van der Waals surface area (Å²) in [7, 11) is 0. The summed E-state index contributed by atoms with van der Waals surface area (Å²) in [5.74, 6) is 0.229. The lowest BCUT2D eigenvalue weighted by Crippen LogP contribution is -2.31. The molecule has 0 aliphatic carbocycles. The lowest BCUT2D eigenvalue weighted by atomic mass is 10.0. The van der Waals surface area contributed by atoms with Crippen LogP contribution in [0.2, 0.25) is 5.02 Å². The minimum Gasteiger partial charge on any atom is -0.269 e. The molecule has 0 radical (unpaired) electrons. The van der Waals surface area contributed by atoms with E-state index >= 15 is 0 Å². The topological polar surface area (TPSA) is 37.4 Å². The standard InChI is InChI=1S/C21H20ClNO2S/c1-4-26-19-18(15-10-9-13(2)14(3)11-15)20(24)23(21(19)25)12-16-7-5-6-8-17(16)22/h5-11H,4,12H2,1-3H3. The van der Waals surface area contributed by atoms with Crippen molar-refractivity contribution in [2.45, 2.75) is 27.3 Å². The number of carbonyl (C=O) groups excluding carboxylic acids is 2. The summed E-state index contributed by atoms with van der Waals surface area (Å²) in [6.07, 6.45) is 0. The van der Waals surface area contributed by atoms with Crippen LogP contribution >= 0.6 is 23.4 Å². The van der Waals surface area contributed by atoms with Crippen LogP contribution in [0.1, 0.15) is 29.2 Å². The van der Waals surface area contributed by atoms with Gasteiger partial charge in [0.2, 0.25) is 0 Å². The van der Waals surface area contributed by atoms with Crippen LogP contribution in [0.25, 0.3) is 5.57 Å². The number of hydrogen-bond acceptors (Lipinski definition) is 3. The number of carbonyl (C=O) groups is 2. The zero-order valence-electron chi connectivity index (χ0n) is 15.0. The second-order valence-corrected chi connectivity index (χ2v) is 7.91. The fraction of sp³-hybridized carbons (Fsp3) is 0.238. The third-order valence-electron chi connectivity index (χ3n) is 4.50. The average Bonchev–Trinajstić information content (AvgIpc) is 2.84. The molecular weight excluding hydrogens is 366 g/mol. The van der Waals surface area contributed by atoms with Crippen molar-refractivity contribution in [2.24, 2.45) is 0 Å². The van der Waals surface area contributed by atoms with Crippen LogP contribution < -0.4 is 0 Å². The molecule has 1 aliphatic heterocycles. The molecule has 1 heterocycles. The second-order valence-electron chi connectivity index (χ2n) is 6.22. The molecule has 2 aromatic rings. The number of aryl methyl sites for hydroxylation is 2. The highest BCUT2D eigenvalue weighted by molar-refractivity contribution is 8.04. The van der Waals surface area contributed by atoms with E-state index in [1.54, 1.807) is 6.07 Å². The minimum absolute atomic E-state index is 0.180. The largest absolute Gasteiger partial charge is 0.269 e. The SMILES string of the molecule is CCSC1=C(c2ccc(C)c(C)c2)C(=O)N(Cc2ccccc2Cl)C1=O. The molecule has 0 aromatic heterocycles. The lowest BCUT2D eigenvalue weighted by Gasteiger charge is -2.16. The van der Waals surface area contributed by atoms with Crippen molar-refractivity contribution in [3.05, 3.63) is 74.6 Å². The van der Waals surface area contributed by atoms with Gasteiger partial charge in [0.1, 0.15) is 0 Å². The van der Waals surface area contributed by atoms with Gasteiger partial charge in [-0.3, -0.25) is 14.5 Å². The highest BCUT2D eigenvalue weighted by Gasteiger charge is 2.39. The summed E-state index contributed by atoms with van der Waals surface area (Å²) >= 11 is 7.64. The number of amides is 2. The smallest absolute Gasteiger partial charge is 0.268 e. The summed E-state index contributed by atoms with van der Waals surface area (Å²) in [5, 5.41) is 0.553. The van der Waals surface area contributed by atoms with E-state index in [-0.39, 0.29) is 18.4 Å². The Morgan fingerprint density at radius 3 is 2.38 bits per heavy atom. The third-order valence-corrected chi connectivity index (χ3v) is 5.82. The predicted octanol–water partition coefficient (Wildman–Crippen LogP) is 4.99. The van der Waals surface area contributed by atoms with Crippen molar-refractivity contribution in [1.82, 2.24) is 4.90 Å². The van der Waals surface area contributed by atoms with Crippen LogP contribution in [0.4, 0.5) is 0 Å². The zero-order chi connectivity index (χ0) is 18.8. The van der Waals surface area contributed by atoms with Gasteiger partial charge in [-0.25, -0.2) is 0 Å². The highest BCUT2D eigenvalue weighted by Crippen LogP contribution is 2.37. The number of rotatable bonds is 5. The molecule has 0 fully saturated rings. The Hall–Kier alpha value is -2.04. The van der Waals surface area contributed by atoms with E-state index in [0.29, 0.717) is 15.5 Å².